The number of aromatic nitrogens is 2. The van der Waals surface area contributed by atoms with Gasteiger partial charge in [0.15, 0.2) is 0 Å². The minimum Gasteiger partial charge on any atom is -0.396 e. The molecule has 0 bridgehead atoms. The highest BCUT2D eigenvalue weighted by Crippen LogP contribution is 2.35. The van der Waals surface area contributed by atoms with Gasteiger partial charge in [-0.1, -0.05) is 30.3 Å². The lowest BCUT2D eigenvalue weighted by atomic mass is 9.73. The van der Waals surface area contributed by atoms with Crippen molar-refractivity contribution in [2.24, 2.45) is 5.41 Å². The van der Waals surface area contributed by atoms with Crippen molar-refractivity contribution in [2.75, 3.05) is 24.6 Å². The zero-order chi connectivity index (χ0) is 18.0. The fraction of sp³-hybridized carbons (Fsp3) is 0.524. The van der Waals surface area contributed by atoms with Gasteiger partial charge in [-0.2, -0.15) is 0 Å². The van der Waals surface area contributed by atoms with Gasteiger partial charge in [0, 0.05) is 30.4 Å². The molecule has 0 amide bonds. The molecule has 138 valence electrons. The van der Waals surface area contributed by atoms with Crippen LogP contribution in [-0.2, 0) is 19.3 Å². The van der Waals surface area contributed by atoms with Crippen LogP contribution in [-0.4, -0.2) is 46.0 Å². The molecule has 1 fully saturated rings. The van der Waals surface area contributed by atoms with Crippen molar-refractivity contribution in [2.45, 2.75) is 44.6 Å². The normalized spacial score (nSPS) is 25.8. The summed E-state index contributed by atoms with van der Waals surface area (Å²) in [7, 11) is 0. The van der Waals surface area contributed by atoms with Gasteiger partial charge < -0.3 is 15.1 Å². The smallest absolute Gasteiger partial charge is 0.225 e. The molecule has 2 aliphatic rings. The molecule has 1 saturated heterocycles. The molecule has 5 nitrogen and oxygen atoms in total. The summed E-state index contributed by atoms with van der Waals surface area (Å²) in [6.45, 7) is 1.24. The number of anilines is 1. The first kappa shape index (κ1) is 17.4. The van der Waals surface area contributed by atoms with E-state index in [0.717, 1.165) is 30.9 Å². The number of hydrogen-bond donors (Lipinski definition) is 2. The zero-order valence-corrected chi connectivity index (χ0v) is 15.1. The lowest BCUT2D eigenvalue weighted by molar-refractivity contribution is -0.0294. The molecule has 2 N–H and O–H groups in total. The molecule has 0 spiro atoms. The maximum absolute atomic E-state index is 10.7. The van der Waals surface area contributed by atoms with Gasteiger partial charge in [-0.3, -0.25) is 0 Å². The van der Waals surface area contributed by atoms with Crippen molar-refractivity contribution in [1.29, 1.82) is 0 Å². The first-order valence-corrected chi connectivity index (χ1v) is 9.63. The quantitative estimate of drug-likeness (QED) is 0.881. The molecule has 26 heavy (non-hydrogen) atoms. The van der Waals surface area contributed by atoms with Crippen LogP contribution >= 0.6 is 0 Å². The Bertz CT molecular complexity index is 752. The molecule has 2 aromatic rings. The summed E-state index contributed by atoms with van der Waals surface area (Å²) >= 11 is 0. The largest absolute Gasteiger partial charge is 0.396 e. The average molecular weight is 353 g/mol. The second-order valence-corrected chi connectivity index (χ2v) is 7.76. The molecule has 4 rings (SSSR count). The summed E-state index contributed by atoms with van der Waals surface area (Å²) in [6.07, 6.45) is 7.22. The van der Waals surface area contributed by atoms with Crippen LogP contribution in [0.15, 0.2) is 36.5 Å². The number of aliphatic hydroxyl groups excluding tert-OH is 2. The van der Waals surface area contributed by atoms with Crippen LogP contribution in [0, 0.1) is 5.41 Å². The van der Waals surface area contributed by atoms with Crippen LogP contribution in [0.3, 0.4) is 0 Å². The average Bonchev–Trinajstić information content (AvgIpc) is 2.70. The lowest BCUT2D eigenvalue weighted by Crippen LogP contribution is -2.55. The minimum atomic E-state index is -0.584. The first-order chi connectivity index (χ1) is 12.7. The summed E-state index contributed by atoms with van der Waals surface area (Å²) in [4.78, 5) is 11.6. The summed E-state index contributed by atoms with van der Waals surface area (Å²) in [5.74, 6) is 0.739. The van der Waals surface area contributed by atoms with Gasteiger partial charge in [0.2, 0.25) is 5.95 Å². The number of nitrogens with zero attached hydrogens (tertiary/aromatic N) is 3. The molecule has 0 saturated carbocycles. The molecule has 1 aromatic heterocycles. The number of benzene rings is 1. The van der Waals surface area contributed by atoms with Crippen molar-refractivity contribution in [3.8, 4) is 0 Å². The Morgan fingerprint density at radius 1 is 1.15 bits per heavy atom. The Morgan fingerprint density at radius 2 is 1.96 bits per heavy atom. The predicted octanol–water partition coefficient (Wildman–Crippen LogP) is 2.15. The molecular weight excluding hydrogens is 326 g/mol. The standard InChI is InChI=1S/C21H27N3O2/c25-15-21(12-16-6-2-1-3-7-16)14-24(11-10-19(21)26)20-22-13-17-8-4-5-9-18(17)23-20/h1-3,6-7,13,19,25-26H,4-5,8-12,14-15H2/t19-,21+/m1/s1. The molecule has 1 aliphatic heterocycles. The van der Waals surface area contributed by atoms with Crippen LogP contribution in [0.25, 0.3) is 0 Å². The fourth-order valence-corrected chi connectivity index (χ4v) is 4.32. The van der Waals surface area contributed by atoms with Crippen LogP contribution in [0.2, 0.25) is 0 Å². The Morgan fingerprint density at radius 3 is 2.77 bits per heavy atom. The van der Waals surface area contributed by atoms with E-state index in [1.165, 1.54) is 24.1 Å². The highest BCUT2D eigenvalue weighted by molar-refractivity contribution is 5.36. The summed E-state index contributed by atoms with van der Waals surface area (Å²) in [5.41, 5.74) is 2.99. The van der Waals surface area contributed by atoms with E-state index in [2.05, 4.69) is 22.0 Å². The zero-order valence-electron chi connectivity index (χ0n) is 15.1. The molecule has 1 aromatic carbocycles. The van der Waals surface area contributed by atoms with Gasteiger partial charge in [-0.05, 0) is 49.7 Å². The van der Waals surface area contributed by atoms with Crippen LogP contribution < -0.4 is 4.90 Å². The Kier molecular flexibility index (Phi) is 4.92. The predicted molar refractivity (Wildman–Crippen MR) is 101 cm³/mol. The first-order valence-electron chi connectivity index (χ1n) is 9.63. The third kappa shape index (κ3) is 3.33. The molecule has 2 heterocycles. The van der Waals surface area contributed by atoms with Gasteiger partial charge in [0.25, 0.3) is 0 Å². The topological polar surface area (TPSA) is 69.5 Å². The molecule has 0 unspecified atom stereocenters. The van der Waals surface area contributed by atoms with Crippen LogP contribution in [0.1, 0.15) is 36.1 Å². The van der Waals surface area contributed by atoms with Gasteiger partial charge in [0.05, 0.1) is 12.7 Å². The maximum Gasteiger partial charge on any atom is 0.225 e. The van der Waals surface area contributed by atoms with E-state index >= 15 is 0 Å². The van der Waals surface area contributed by atoms with E-state index in [4.69, 9.17) is 4.98 Å². The molecular formula is C21H27N3O2. The Hall–Kier alpha value is -1.98. The summed E-state index contributed by atoms with van der Waals surface area (Å²) in [5, 5.41) is 20.9. The number of rotatable bonds is 4. The third-order valence-corrected chi connectivity index (χ3v) is 5.93. The van der Waals surface area contributed by atoms with Crippen molar-refractivity contribution in [1.82, 2.24) is 9.97 Å². The summed E-state index contributed by atoms with van der Waals surface area (Å²) in [6, 6.07) is 10.1. The van der Waals surface area contributed by atoms with Crippen molar-refractivity contribution >= 4 is 5.95 Å². The van der Waals surface area contributed by atoms with E-state index in [1.54, 1.807) is 0 Å². The van der Waals surface area contributed by atoms with Crippen molar-refractivity contribution in [3.05, 3.63) is 53.3 Å². The highest BCUT2D eigenvalue weighted by atomic mass is 16.3. The Balaban J connectivity index is 1.59. The number of piperidine rings is 1. The lowest BCUT2D eigenvalue weighted by Gasteiger charge is -2.45. The monoisotopic (exact) mass is 353 g/mol. The molecule has 5 heteroatoms. The van der Waals surface area contributed by atoms with Gasteiger partial charge >= 0.3 is 0 Å². The van der Waals surface area contributed by atoms with Crippen LogP contribution in [0.5, 0.6) is 0 Å². The number of hydrogen-bond acceptors (Lipinski definition) is 5. The maximum atomic E-state index is 10.7. The number of fused-ring (bicyclic) bond motifs is 1. The van der Waals surface area contributed by atoms with Crippen LogP contribution in [0.4, 0.5) is 5.95 Å². The van der Waals surface area contributed by atoms with Gasteiger partial charge in [-0.25, -0.2) is 9.97 Å². The van der Waals surface area contributed by atoms with Crippen molar-refractivity contribution < 1.29 is 10.2 Å². The van der Waals surface area contributed by atoms with Gasteiger partial charge in [-0.15, -0.1) is 0 Å². The Labute approximate surface area is 154 Å². The SMILES string of the molecule is OC[C@]1(Cc2ccccc2)CN(c2ncc3c(n2)CCCC3)CC[C@H]1O. The third-order valence-electron chi connectivity index (χ3n) is 5.93. The minimum absolute atomic E-state index is 0.0511. The van der Waals surface area contributed by atoms with E-state index < -0.39 is 11.5 Å². The summed E-state index contributed by atoms with van der Waals surface area (Å²) < 4.78 is 0. The van der Waals surface area contributed by atoms with Crippen molar-refractivity contribution in [3.63, 3.8) is 0 Å². The number of aliphatic hydroxyl groups is 2. The van der Waals surface area contributed by atoms with E-state index in [9.17, 15) is 10.2 Å². The highest BCUT2D eigenvalue weighted by Gasteiger charge is 2.43. The second-order valence-electron chi connectivity index (χ2n) is 7.76. The second kappa shape index (κ2) is 7.33. The fourth-order valence-electron chi connectivity index (χ4n) is 4.32. The number of aryl methyl sites for hydroxylation is 2. The molecule has 0 radical (unpaired) electrons. The van der Waals surface area contributed by atoms with E-state index in [-0.39, 0.29) is 6.61 Å². The van der Waals surface area contributed by atoms with E-state index in [1.807, 2.05) is 24.4 Å². The van der Waals surface area contributed by atoms with E-state index in [0.29, 0.717) is 19.4 Å². The molecule has 1 aliphatic carbocycles. The molecule has 2 atom stereocenters. The van der Waals surface area contributed by atoms with Gasteiger partial charge in [0.1, 0.15) is 0 Å².